The van der Waals surface area contributed by atoms with Crippen LogP contribution < -0.4 is 0 Å². The maximum absolute atomic E-state index is 13.4. The van der Waals surface area contributed by atoms with Gasteiger partial charge in [0.05, 0.1) is 10.7 Å². The molecule has 0 spiro atoms. The lowest BCUT2D eigenvalue weighted by Crippen LogP contribution is -2.33. The Morgan fingerprint density at radius 1 is 1.11 bits per heavy atom. The summed E-state index contributed by atoms with van der Waals surface area (Å²) < 4.78 is 15.5. The van der Waals surface area contributed by atoms with Gasteiger partial charge in [-0.3, -0.25) is 4.90 Å². The predicted octanol–water partition coefficient (Wildman–Crippen LogP) is 5.26. The largest absolute Gasteiger partial charge is 0.337 e. The third-order valence-electron chi connectivity index (χ3n) is 5.33. The van der Waals surface area contributed by atoms with Gasteiger partial charge in [0.1, 0.15) is 11.6 Å². The highest BCUT2D eigenvalue weighted by atomic mass is 35.5. The highest BCUT2D eigenvalue weighted by Gasteiger charge is 2.24. The second kappa shape index (κ2) is 7.83. The van der Waals surface area contributed by atoms with Gasteiger partial charge in [-0.1, -0.05) is 41.9 Å². The molecule has 0 aliphatic carbocycles. The molecule has 0 saturated carbocycles. The molecule has 0 atom stereocenters. The molecule has 3 aromatic rings. The lowest BCUT2D eigenvalue weighted by Gasteiger charge is -2.31. The van der Waals surface area contributed by atoms with Crippen molar-refractivity contribution in [2.45, 2.75) is 25.3 Å². The monoisotopic (exact) mass is 383 g/mol. The zero-order valence-corrected chi connectivity index (χ0v) is 16.2. The summed E-state index contributed by atoms with van der Waals surface area (Å²) in [5.74, 6) is 1.15. The van der Waals surface area contributed by atoms with Crippen molar-refractivity contribution in [3.05, 3.63) is 77.0 Å². The molecule has 0 bridgehead atoms. The van der Waals surface area contributed by atoms with Gasteiger partial charge in [-0.25, -0.2) is 9.37 Å². The van der Waals surface area contributed by atoms with E-state index in [1.807, 2.05) is 13.2 Å². The Labute approximate surface area is 164 Å². The fraction of sp³-hybridized carbons (Fsp3) is 0.318. The van der Waals surface area contributed by atoms with Gasteiger partial charge in [-0.05, 0) is 49.7 Å². The molecule has 27 heavy (non-hydrogen) atoms. The highest BCUT2D eigenvalue weighted by Crippen LogP contribution is 2.31. The van der Waals surface area contributed by atoms with Crippen LogP contribution in [0, 0.1) is 5.82 Å². The van der Waals surface area contributed by atoms with Crippen molar-refractivity contribution in [1.29, 1.82) is 0 Å². The first-order valence-corrected chi connectivity index (χ1v) is 9.73. The normalized spacial score (nSPS) is 16.0. The van der Waals surface area contributed by atoms with Crippen LogP contribution in [-0.2, 0) is 13.6 Å². The molecule has 0 amide bonds. The number of halogens is 2. The zero-order valence-electron chi connectivity index (χ0n) is 15.4. The summed E-state index contributed by atoms with van der Waals surface area (Å²) in [7, 11) is 2.04. The van der Waals surface area contributed by atoms with E-state index in [1.54, 1.807) is 12.1 Å². The van der Waals surface area contributed by atoms with Crippen molar-refractivity contribution in [2.75, 3.05) is 13.1 Å². The molecule has 0 radical (unpaired) electrons. The van der Waals surface area contributed by atoms with E-state index in [-0.39, 0.29) is 5.02 Å². The smallest absolute Gasteiger partial charge is 0.141 e. The van der Waals surface area contributed by atoms with Crippen molar-refractivity contribution in [3.63, 3.8) is 0 Å². The molecule has 1 aromatic heterocycles. The van der Waals surface area contributed by atoms with E-state index in [0.717, 1.165) is 49.6 Å². The quantitative estimate of drug-likeness (QED) is 0.612. The number of hydrogen-bond acceptors (Lipinski definition) is 2. The number of aromatic nitrogens is 2. The summed E-state index contributed by atoms with van der Waals surface area (Å²) in [6.07, 6.45) is 4.21. The first-order chi connectivity index (χ1) is 13.1. The van der Waals surface area contributed by atoms with E-state index in [2.05, 4.69) is 39.8 Å². The number of piperidine rings is 1. The minimum Gasteiger partial charge on any atom is -0.337 e. The number of imidazole rings is 1. The summed E-state index contributed by atoms with van der Waals surface area (Å²) in [5, 5.41) is 0.133. The standard InChI is InChI=1S/C22H23ClFN3/c1-26-15-21(18-7-8-20(24)19(23)13-18)25-22(26)17-9-11-27(12-10-17)14-16-5-3-2-4-6-16/h2-8,13,15,17H,9-12,14H2,1H3. The molecule has 5 heteroatoms. The van der Waals surface area contributed by atoms with Gasteiger partial charge >= 0.3 is 0 Å². The molecule has 2 heterocycles. The van der Waals surface area contributed by atoms with Crippen LogP contribution in [-0.4, -0.2) is 27.5 Å². The van der Waals surface area contributed by atoms with Gasteiger partial charge in [0.25, 0.3) is 0 Å². The fourth-order valence-electron chi connectivity index (χ4n) is 3.85. The summed E-state index contributed by atoms with van der Waals surface area (Å²) in [4.78, 5) is 7.36. The van der Waals surface area contributed by atoms with Crippen LogP contribution >= 0.6 is 11.6 Å². The Hall–Kier alpha value is -2.17. The van der Waals surface area contributed by atoms with Crippen LogP contribution in [0.5, 0.6) is 0 Å². The van der Waals surface area contributed by atoms with E-state index < -0.39 is 5.82 Å². The van der Waals surface area contributed by atoms with Crippen molar-refractivity contribution < 1.29 is 4.39 Å². The Balaban J connectivity index is 1.44. The molecule has 1 aliphatic rings. The minimum absolute atomic E-state index is 0.133. The van der Waals surface area contributed by atoms with Gasteiger partial charge in [0, 0.05) is 31.3 Å². The topological polar surface area (TPSA) is 21.1 Å². The molecule has 0 unspecified atom stereocenters. The molecule has 0 N–H and O–H groups in total. The van der Waals surface area contributed by atoms with Crippen LogP contribution in [0.3, 0.4) is 0 Å². The average molecular weight is 384 g/mol. The first-order valence-electron chi connectivity index (χ1n) is 9.35. The lowest BCUT2D eigenvalue weighted by molar-refractivity contribution is 0.200. The van der Waals surface area contributed by atoms with Crippen molar-refractivity contribution in [1.82, 2.24) is 14.5 Å². The zero-order chi connectivity index (χ0) is 18.8. The Morgan fingerprint density at radius 2 is 1.85 bits per heavy atom. The van der Waals surface area contributed by atoms with E-state index in [4.69, 9.17) is 16.6 Å². The number of aryl methyl sites for hydroxylation is 1. The van der Waals surface area contributed by atoms with Gasteiger partial charge in [0.15, 0.2) is 0 Å². The second-order valence-electron chi connectivity index (χ2n) is 7.26. The molecule has 2 aromatic carbocycles. The Morgan fingerprint density at radius 3 is 2.56 bits per heavy atom. The Kier molecular flexibility index (Phi) is 5.28. The van der Waals surface area contributed by atoms with Crippen LogP contribution in [0.15, 0.2) is 54.7 Å². The Bertz CT molecular complexity index is 915. The molecule has 1 saturated heterocycles. The van der Waals surface area contributed by atoms with Gasteiger partial charge in [-0.2, -0.15) is 0 Å². The molecule has 1 fully saturated rings. The lowest BCUT2D eigenvalue weighted by atomic mass is 9.95. The van der Waals surface area contributed by atoms with Crippen LogP contribution in [0.1, 0.15) is 30.1 Å². The maximum Gasteiger partial charge on any atom is 0.141 e. The summed E-state index contributed by atoms with van der Waals surface area (Å²) in [5.41, 5.74) is 3.06. The molecule has 140 valence electrons. The number of hydrogen-bond donors (Lipinski definition) is 0. The molecule has 1 aliphatic heterocycles. The molecule has 3 nitrogen and oxygen atoms in total. The average Bonchev–Trinajstić information content (AvgIpc) is 3.07. The number of benzene rings is 2. The van der Waals surface area contributed by atoms with Gasteiger partial charge < -0.3 is 4.57 Å². The summed E-state index contributed by atoms with van der Waals surface area (Å²) in [6, 6.07) is 15.4. The number of rotatable bonds is 4. The third-order valence-corrected chi connectivity index (χ3v) is 5.62. The fourth-order valence-corrected chi connectivity index (χ4v) is 4.03. The van der Waals surface area contributed by atoms with E-state index in [9.17, 15) is 4.39 Å². The van der Waals surface area contributed by atoms with Crippen molar-refractivity contribution >= 4 is 11.6 Å². The second-order valence-corrected chi connectivity index (χ2v) is 7.67. The third kappa shape index (κ3) is 4.07. The van der Waals surface area contributed by atoms with Crippen LogP contribution in [0.25, 0.3) is 11.3 Å². The van der Waals surface area contributed by atoms with E-state index >= 15 is 0 Å². The number of nitrogens with zero attached hydrogens (tertiary/aromatic N) is 3. The predicted molar refractivity (Wildman–Crippen MR) is 107 cm³/mol. The molecule has 4 rings (SSSR count). The van der Waals surface area contributed by atoms with Crippen LogP contribution in [0.4, 0.5) is 4.39 Å². The molecular formula is C22H23ClFN3. The first kappa shape index (κ1) is 18.2. The molecular weight excluding hydrogens is 361 g/mol. The SMILES string of the molecule is Cn1cc(-c2ccc(F)c(Cl)c2)nc1C1CCN(Cc2ccccc2)CC1. The van der Waals surface area contributed by atoms with Crippen molar-refractivity contribution in [2.24, 2.45) is 7.05 Å². The van der Waals surface area contributed by atoms with E-state index in [1.165, 1.54) is 11.6 Å². The summed E-state index contributed by atoms with van der Waals surface area (Å²) in [6.45, 7) is 3.15. The summed E-state index contributed by atoms with van der Waals surface area (Å²) >= 11 is 5.93. The van der Waals surface area contributed by atoms with E-state index in [0.29, 0.717) is 5.92 Å². The number of likely N-dealkylation sites (tertiary alicyclic amines) is 1. The highest BCUT2D eigenvalue weighted by molar-refractivity contribution is 6.31. The van der Waals surface area contributed by atoms with Crippen LogP contribution in [0.2, 0.25) is 5.02 Å². The van der Waals surface area contributed by atoms with Crippen molar-refractivity contribution in [3.8, 4) is 11.3 Å². The van der Waals surface area contributed by atoms with Gasteiger partial charge in [0.2, 0.25) is 0 Å². The minimum atomic E-state index is -0.401. The maximum atomic E-state index is 13.4. The van der Waals surface area contributed by atoms with Gasteiger partial charge in [-0.15, -0.1) is 0 Å².